The molecule has 0 aliphatic carbocycles. The molecule has 1 aromatic rings. The van der Waals surface area contributed by atoms with E-state index in [0.717, 1.165) is 19.6 Å². The van der Waals surface area contributed by atoms with E-state index in [1.54, 1.807) is 0 Å². The lowest BCUT2D eigenvalue weighted by atomic mass is 9.85. The van der Waals surface area contributed by atoms with Gasteiger partial charge in [0, 0.05) is 12.6 Å². The molecule has 1 heterocycles. The molecular formula is C16H23N3. The minimum Gasteiger partial charge on any atom is -0.330 e. The Bertz CT molecular complexity index is 423. The molecule has 1 saturated heterocycles. The normalized spacial score (nSPS) is 25.7. The van der Waals surface area contributed by atoms with Crippen LogP contribution in [0.5, 0.6) is 0 Å². The van der Waals surface area contributed by atoms with Crippen LogP contribution in [0.25, 0.3) is 0 Å². The van der Waals surface area contributed by atoms with Crippen LogP contribution in [-0.2, 0) is 0 Å². The number of nitriles is 1. The van der Waals surface area contributed by atoms with E-state index < -0.39 is 0 Å². The van der Waals surface area contributed by atoms with E-state index >= 15 is 0 Å². The zero-order valence-corrected chi connectivity index (χ0v) is 11.6. The van der Waals surface area contributed by atoms with E-state index in [1.165, 1.54) is 12.0 Å². The molecule has 0 bridgehead atoms. The van der Waals surface area contributed by atoms with Crippen molar-refractivity contribution in [3.8, 4) is 6.07 Å². The predicted octanol–water partition coefficient (Wildman–Crippen LogP) is 2.56. The second-order valence-electron chi connectivity index (χ2n) is 5.55. The molecule has 1 aromatic carbocycles. The molecule has 3 atom stereocenters. The Kier molecular flexibility index (Phi) is 4.95. The number of likely N-dealkylation sites (tertiary alicyclic amines) is 1. The van der Waals surface area contributed by atoms with Crippen LogP contribution >= 0.6 is 0 Å². The summed E-state index contributed by atoms with van der Waals surface area (Å²) in [6.45, 7) is 5.11. The van der Waals surface area contributed by atoms with Gasteiger partial charge in [-0.3, -0.25) is 4.90 Å². The van der Waals surface area contributed by atoms with Crippen molar-refractivity contribution in [2.24, 2.45) is 17.6 Å². The minimum atomic E-state index is 0.216. The number of benzene rings is 1. The monoisotopic (exact) mass is 257 g/mol. The van der Waals surface area contributed by atoms with Crippen molar-refractivity contribution in [2.45, 2.75) is 25.8 Å². The molecule has 3 heteroatoms. The van der Waals surface area contributed by atoms with Crippen molar-refractivity contribution >= 4 is 0 Å². The number of hydrogen-bond donors (Lipinski definition) is 1. The average molecular weight is 257 g/mol. The van der Waals surface area contributed by atoms with Crippen molar-refractivity contribution in [2.75, 3.05) is 19.6 Å². The number of nitrogens with two attached hydrogens (primary N) is 1. The Morgan fingerprint density at radius 2 is 2.16 bits per heavy atom. The molecule has 0 aromatic heterocycles. The van der Waals surface area contributed by atoms with E-state index in [0.29, 0.717) is 18.3 Å². The first kappa shape index (κ1) is 14.0. The van der Waals surface area contributed by atoms with Crippen LogP contribution in [0.4, 0.5) is 0 Å². The first-order valence-electron chi connectivity index (χ1n) is 7.12. The maximum atomic E-state index is 9.10. The summed E-state index contributed by atoms with van der Waals surface area (Å²) in [6, 6.07) is 12.9. The van der Waals surface area contributed by atoms with Gasteiger partial charge in [0.15, 0.2) is 0 Å². The Balaban J connectivity index is 2.14. The summed E-state index contributed by atoms with van der Waals surface area (Å²) in [7, 11) is 0. The topological polar surface area (TPSA) is 53.0 Å². The van der Waals surface area contributed by atoms with Gasteiger partial charge in [-0.05, 0) is 36.9 Å². The molecule has 102 valence electrons. The van der Waals surface area contributed by atoms with Crippen molar-refractivity contribution < 1.29 is 0 Å². The number of rotatable bonds is 4. The van der Waals surface area contributed by atoms with Crippen molar-refractivity contribution in [3.63, 3.8) is 0 Å². The van der Waals surface area contributed by atoms with E-state index in [9.17, 15) is 0 Å². The van der Waals surface area contributed by atoms with E-state index in [1.807, 2.05) is 18.2 Å². The third kappa shape index (κ3) is 3.34. The van der Waals surface area contributed by atoms with Crippen LogP contribution in [0.3, 0.4) is 0 Å². The Morgan fingerprint density at radius 3 is 2.79 bits per heavy atom. The quantitative estimate of drug-likeness (QED) is 0.902. The molecule has 1 fully saturated rings. The van der Waals surface area contributed by atoms with Gasteiger partial charge in [-0.25, -0.2) is 0 Å². The molecule has 0 amide bonds. The third-order valence-electron chi connectivity index (χ3n) is 4.36. The molecule has 3 nitrogen and oxygen atoms in total. The van der Waals surface area contributed by atoms with Gasteiger partial charge in [0.1, 0.15) is 0 Å². The molecule has 2 rings (SSSR count). The second kappa shape index (κ2) is 6.70. The minimum absolute atomic E-state index is 0.216. The summed E-state index contributed by atoms with van der Waals surface area (Å²) in [5, 5.41) is 9.10. The highest BCUT2D eigenvalue weighted by atomic mass is 15.2. The summed E-state index contributed by atoms with van der Waals surface area (Å²) in [4.78, 5) is 2.44. The van der Waals surface area contributed by atoms with E-state index in [2.05, 4.69) is 30.0 Å². The summed E-state index contributed by atoms with van der Waals surface area (Å²) in [5.41, 5.74) is 7.12. The van der Waals surface area contributed by atoms with Crippen LogP contribution in [-0.4, -0.2) is 24.5 Å². The maximum absolute atomic E-state index is 9.10. The summed E-state index contributed by atoms with van der Waals surface area (Å²) in [6.07, 6.45) is 1.73. The van der Waals surface area contributed by atoms with E-state index in [4.69, 9.17) is 11.0 Å². The highest BCUT2D eigenvalue weighted by Gasteiger charge is 2.29. The molecule has 19 heavy (non-hydrogen) atoms. The second-order valence-corrected chi connectivity index (χ2v) is 5.55. The Morgan fingerprint density at radius 1 is 1.42 bits per heavy atom. The zero-order chi connectivity index (χ0) is 13.7. The average Bonchev–Trinajstić information content (AvgIpc) is 2.46. The van der Waals surface area contributed by atoms with Crippen molar-refractivity contribution in [3.05, 3.63) is 35.9 Å². The molecule has 1 aliphatic rings. The first-order chi connectivity index (χ1) is 9.26. The highest BCUT2D eigenvalue weighted by molar-refractivity contribution is 5.20. The standard InChI is InChI=1S/C16H23N3/c1-13-8-10-19(12-15(13)11-18)16(7-9-17)14-5-3-2-4-6-14/h2-6,13,15-16H,7-8,10-12,18H2,1H3. The van der Waals surface area contributed by atoms with Crippen LogP contribution in [0.15, 0.2) is 30.3 Å². The van der Waals surface area contributed by atoms with Crippen LogP contribution in [0.2, 0.25) is 0 Å². The lowest BCUT2D eigenvalue weighted by molar-refractivity contribution is 0.0921. The van der Waals surface area contributed by atoms with Crippen LogP contribution in [0, 0.1) is 23.2 Å². The third-order valence-corrected chi connectivity index (χ3v) is 4.36. The van der Waals surface area contributed by atoms with Gasteiger partial charge in [0.25, 0.3) is 0 Å². The van der Waals surface area contributed by atoms with E-state index in [-0.39, 0.29) is 6.04 Å². The van der Waals surface area contributed by atoms with Gasteiger partial charge >= 0.3 is 0 Å². The van der Waals surface area contributed by atoms with Crippen molar-refractivity contribution in [1.29, 1.82) is 5.26 Å². The van der Waals surface area contributed by atoms with Gasteiger partial charge in [0.2, 0.25) is 0 Å². The lowest BCUT2D eigenvalue weighted by Crippen LogP contribution is -2.44. The number of hydrogen-bond acceptors (Lipinski definition) is 3. The molecule has 3 unspecified atom stereocenters. The molecule has 2 N–H and O–H groups in total. The maximum Gasteiger partial charge on any atom is 0.0641 e. The highest BCUT2D eigenvalue weighted by Crippen LogP contribution is 2.31. The Hall–Kier alpha value is -1.37. The summed E-state index contributed by atoms with van der Waals surface area (Å²) in [5.74, 6) is 1.25. The van der Waals surface area contributed by atoms with Gasteiger partial charge < -0.3 is 5.73 Å². The van der Waals surface area contributed by atoms with Crippen LogP contribution in [0.1, 0.15) is 31.4 Å². The molecular weight excluding hydrogens is 234 g/mol. The predicted molar refractivity (Wildman–Crippen MR) is 77.3 cm³/mol. The fraction of sp³-hybridized carbons (Fsp3) is 0.562. The van der Waals surface area contributed by atoms with Gasteiger partial charge in [-0.2, -0.15) is 5.26 Å². The van der Waals surface area contributed by atoms with Crippen molar-refractivity contribution in [1.82, 2.24) is 4.90 Å². The van der Waals surface area contributed by atoms with Gasteiger partial charge in [-0.15, -0.1) is 0 Å². The fourth-order valence-corrected chi connectivity index (χ4v) is 2.99. The first-order valence-corrected chi connectivity index (χ1v) is 7.12. The number of piperidine rings is 1. The largest absolute Gasteiger partial charge is 0.330 e. The molecule has 0 saturated carbocycles. The lowest BCUT2D eigenvalue weighted by Gasteiger charge is -2.40. The Labute approximate surface area is 116 Å². The fourth-order valence-electron chi connectivity index (χ4n) is 2.99. The molecule has 1 aliphatic heterocycles. The van der Waals surface area contributed by atoms with Gasteiger partial charge in [-0.1, -0.05) is 37.3 Å². The summed E-state index contributed by atoms with van der Waals surface area (Å²) >= 11 is 0. The molecule has 0 spiro atoms. The van der Waals surface area contributed by atoms with Gasteiger partial charge in [0.05, 0.1) is 12.5 Å². The SMILES string of the molecule is CC1CCN(C(CC#N)c2ccccc2)CC1CN. The number of nitrogens with zero attached hydrogens (tertiary/aromatic N) is 2. The smallest absolute Gasteiger partial charge is 0.0641 e. The summed E-state index contributed by atoms with van der Waals surface area (Å²) < 4.78 is 0. The zero-order valence-electron chi connectivity index (χ0n) is 11.6. The molecule has 0 radical (unpaired) electrons. The van der Waals surface area contributed by atoms with Crippen LogP contribution < -0.4 is 5.73 Å².